The summed E-state index contributed by atoms with van der Waals surface area (Å²) in [5.41, 5.74) is 7.16. The lowest BCUT2D eigenvalue weighted by molar-refractivity contribution is 0.0907. The number of hydrazine groups is 1. The highest BCUT2D eigenvalue weighted by Crippen LogP contribution is 2.32. The summed E-state index contributed by atoms with van der Waals surface area (Å²) in [6.45, 7) is 6.17. The Hall–Kier alpha value is -2.20. The molecule has 0 heterocycles. The van der Waals surface area contributed by atoms with Crippen LogP contribution >= 0.6 is 0 Å². The Kier molecular flexibility index (Phi) is 4.93. The first-order valence-electron chi connectivity index (χ1n) is 7.24. The predicted molar refractivity (Wildman–Crippen MR) is 85.6 cm³/mol. The Labute approximate surface area is 130 Å². The van der Waals surface area contributed by atoms with Crippen molar-refractivity contribution in [3.8, 4) is 0 Å². The van der Waals surface area contributed by atoms with E-state index in [2.05, 4.69) is 31.6 Å². The molecule has 0 radical (unpaired) electrons. The van der Waals surface area contributed by atoms with Gasteiger partial charge in [-0.3, -0.25) is 10.2 Å². The molecule has 0 aromatic heterocycles. The van der Waals surface area contributed by atoms with Gasteiger partial charge in [-0.1, -0.05) is 51.1 Å². The molecule has 0 aliphatic heterocycles. The van der Waals surface area contributed by atoms with Gasteiger partial charge < -0.3 is 0 Å². The minimum atomic E-state index is -0.273. The maximum atomic E-state index is 13.1. The Balaban J connectivity index is 2.11. The van der Waals surface area contributed by atoms with E-state index >= 15 is 0 Å². The number of carbonyl (C=O) groups excluding carboxylic acids is 1. The molecule has 2 rings (SSSR count). The van der Waals surface area contributed by atoms with Gasteiger partial charge >= 0.3 is 0 Å². The van der Waals surface area contributed by atoms with Gasteiger partial charge in [0.1, 0.15) is 5.82 Å². The van der Waals surface area contributed by atoms with Crippen LogP contribution in [0.2, 0.25) is 0 Å². The van der Waals surface area contributed by atoms with Gasteiger partial charge in [-0.25, -0.2) is 9.82 Å². The van der Waals surface area contributed by atoms with Crippen molar-refractivity contribution in [3.63, 3.8) is 0 Å². The highest BCUT2D eigenvalue weighted by molar-refractivity contribution is 5.93. The summed E-state index contributed by atoms with van der Waals surface area (Å²) in [6.07, 6.45) is 0. The van der Waals surface area contributed by atoms with E-state index in [1.165, 1.54) is 12.1 Å². The molecular formula is C18H21FN2O. The van der Waals surface area contributed by atoms with Crippen molar-refractivity contribution in [2.75, 3.05) is 0 Å². The lowest BCUT2D eigenvalue weighted by atomic mass is 9.83. The number of amides is 1. The molecule has 2 aromatic carbocycles. The number of hydrogen-bond acceptors (Lipinski definition) is 2. The molecule has 0 aliphatic rings. The summed E-state index contributed by atoms with van der Waals surface area (Å²) < 4.78 is 13.1. The summed E-state index contributed by atoms with van der Waals surface area (Å²) in [5, 5.41) is 0. The fourth-order valence-corrected chi connectivity index (χ4v) is 2.25. The van der Waals surface area contributed by atoms with Crippen LogP contribution in [0.15, 0.2) is 54.6 Å². The van der Waals surface area contributed by atoms with Gasteiger partial charge in [-0.05, 0) is 35.2 Å². The molecule has 22 heavy (non-hydrogen) atoms. The molecule has 3 nitrogen and oxygen atoms in total. The zero-order valence-electron chi connectivity index (χ0n) is 13.1. The number of hydrogen-bond donors (Lipinski definition) is 2. The molecule has 2 N–H and O–H groups in total. The first-order valence-corrected chi connectivity index (χ1v) is 7.24. The average molecular weight is 300 g/mol. The van der Waals surface area contributed by atoms with E-state index in [4.69, 9.17) is 0 Å². The van der Waals surface area contributed by atoms with Gasteiger partial charge in [0.2, 0.25) is 0 Å². The second kappa shape index (κ2) is 6.71. The Morgan fingerprint density at radius 1 is 1.00 bits per heavy atom. The van der Waals surface area contributed by atoms with E-state index in [9.17, 15) is 9.18 Å². The van der Waals surface area contributed by atoms with Gasteiger partial charge in [0.15, 0.2) is 0 Å². The molecule has 1 unspecified atom stereocenters. The largest absolute Gasteiger partial charge is 0.287 e. The van der Waals surface area contributed by atoms with Crippen LogP contribution < -0.4 is 10.9 Å². The molecule has 116 valence electrons. The van der Waals surface area contributed by atoms with E-state index < -0.39 is 0 Å². The van der Waals surface area contributed by atoms with E-state index in [0.717, 1.165) is 5.56 Å². The Morgan fingerprint density at radius 2 is 1.59 bits per heavy atom. The van der Waals surface area contributed by atoms with Crippen molar-refractivity contribution in [2.45, 2.75) is 26.8 Å². The summed E-state index contributed by atoms with van der Waals surface area (Å²) in [6, 6.07) is 15.2. The molecule has 0 saturated heterocycles. The third-order valence-electron chi connectivity index (χ3n) is 3.44. The van der Waals surface area contributed by atoms with Gasteiger partial charge in [0.05, 0.1) is 6.04 Å². The Bertz CT molecular complexity index is 618. The monoisotopic (exact) mass is 300 g/mol. The first-order chi connectivity index (χ1) is 10.4. The molecule has 0 aliphatic carbocycles. The number of halogens is 1. The van der Waals surface area contributed by atoms with Crippen molar-refractivity contribution in [2.24, 2.45) is 5.41 Å². The second-order valence-corrected chi connectivity index (χ2v) is 6.32. The number of nitrogens with one attached hydrogen (secondary N) is 2. The maximum absolute atomic E-state index is 13.1. The minimum absolute atomic E-state index is 0.138. The van der Waals surface area contributed by atoms with Crippen LogP contribution in [-0.4, -0.2) is 5.91 Å². The zero-order chi connectivity index (χ0) is 16.2. The van der Waals surface area contributed by atoms with Crippen molar-refractivity contribution in [1.82, 2.24) is 10.9 Å². The number of rotatable bonds is 4. The normalized spacial score (nSPS) is 12.7. The topological polar surface area (TPSA) is 41.1 Å². The predicted octanol–water partition coefficient (Wildman–Crippen LogP) is 3.85. The molecule has 1 amide bonds. The highest BCUT2D eigenvalue weighted by Gasteiger charge is 2.26. The SMILES string of the molecule is CC(C)(C)C(NNC(=O)c1ccccc1)c1ccc(F)cc1. The molecule has 4 heteroatoms. The van der Waals surface area contributed by atoms with E-state index in [0.29, 0.717) is 5.56 Å². The highest BCUT2D eigenvalue weighted by atomic mass is 19.1. The third-order valence-corrected chi connectivity index (χ3v) is 3.44. The molecule has 0 saturated carbocycles. The lowest BCUT2D eigenvalue weighted by Crippen LogP contribution is -2.44. The van der Waals surface area contributed by atoms with E-state index in [1.54, 1.807) is 24.3 Å². The quantitative estimate of drug-likeness (QED) is 0.842. The molecule has 1 atom stereocenters. The van der Waals surface area contributed by atoms with Crippen molar-refractivity contribution in [1.29, 1.82) is 0 Å². The standard InChI is InChI=1S/C18H21FN2O/c1-18(2,3)16(13-9-11-15(19)12-10-13)20-21-17(22)14-7-5-4-6-8-14/h4-12,16,20H,1-3H3,(H,21,22). The lowest BCUT2D eigenvalue weighted by Gasteiger charge is -2.32. The first kappa shape index (κ1) is 16.2. The molecule has 0 bridgehead atoms. The van der Waals surface area contributed by atoms with Gasteiger partial charge in [0.25, 0.3) is 5.91 Å². The fourth-order valence-electron chi connectivity index (χ4n) is 2.25. The summed E-state index contributed by atoms with van der Waals surface area (Å²) in [7, 11) is 0. The molecule has 2 aromatic rings. The smallest absolute Gasteiger partial charge is 0.265 e. The van der Waals surface area contributed by atoms with Crippen LogP contribution in [0.1, 0.15) is 42.7 Å². The van der Waals surface area contributed by atoms with Crippen LogP contribution in [0, 0.1) is 11.2 Å². The molecule has 0 spiro atoms. The minimum Gasteiger partial charge on any atom is -0.287 e. The molecular weight excluding hydrogens is 279 g/mol. The van der Waals surface area contributed by atoms with Crippen LogP contribution in [0.3, 0.4) is 0 Å². The second-order valence-electron chi connectivity index (χ2n) is 6.32. The number of carbonyl (C=O) groups is 1. The maximum Gasteiger partial charge on any atom is 0.265 e. The molecule has 0 fully saturated rings. The van der Waals surface area contributed by atoms with Gasteiger partial charge in [-0.15, -0.1) is 0 Å². The zero-order valence-corrected chi connectivity index (χ0v) is 13.1. The van der Waals surface area contributed by atoms with E-state index in [-0.39, 0.29) is 23.2 Å². The average Bonchev–Trinajstić information content (AvgIpc) is 2.48. The van der Waals surface area contributed by atoms with Crippen LogP contribution in [0.4, 0.5) is 4.39 Å². The van der Waals surface area contributed by atoms with Crippen molar-refractivity contribution < 1.29 is 9.18 Å². The van der Waals surface area contributed by atoms with Crippen LogP contribution in [0.5, 0.6) is 0 Å². The van der Waals surface area contributed by atoms with Crippen molar-refractivity contribution in [3.05, 3.63) is 71.5 Å². The van der Waals surface area contributed by atoms with E-state index in [1.807, 2.05) is 18.2 Å². The summed E-state index contributed by atoms with van der Waals surface area (Å²) in [4.78, 5) is 12.1. The van der Waals surface area contributed by atoms with Crippen LogP contribution in [0.25, 0.3) is 0 Å². The fraction of sp³-hybridized carbons (Fsp3) is 0.278. The van der Waals surface area contributed by atoms with Crippen molar-refractivity contribution >= 4 is 5.91 Å². The summed E-state index contributed by atoms with van der Waals surface area (Å²) >= 11 is 0. The van der Waals surface area contributed by atoms with Gasteiger partial charge in [-0.2, -0.15) is 0 Å². The van der Waals surface area contributed by atoms with Gasteiger partial charge in [0, 0.05) is 5.56 Å². The number of benzene rings is 2. The summed E-state index contributed by atoms with van der Waals surface area (Å²) in [5.74, 6) is -0.471. The Morgan fingerprint density at radius 3 is 2.14 bits per heavy atom. The van der Waals surface area contributed by atoms with Crippen LogP contribution in [-0.2, 0) is 0 Å². The third kappa shape index (κ3) is 4.15.